The lowest BCUT2D eigenvalue weighted by molar-refractivity contribution is -0.463. The summed E-state index contributed by atoms with van der Waals surface area (Å²) in [4.78, 5) is 5.29. The molecule has 0 saturated carbocycles. The number of rotatable bonds is 0. The zero-order valence-corrected chi connectivity index (χ0v) is 4.99. The fourth-order valence-electron chi connectivity index (χ4n) is 0.394. The van der Waals surface area contributed by atoms with Gasteiger partial charge in [-0.3, -0.25) is 0 Å². The summed E-state index contributed by atoms with van der Waals surface area (Å²) >= 11 is 0. The molecule has 3 nitrogen and oxygen atoms in total. The van der Waals surface area contributed by atoms with E-state index in [4.69, 9.17) is 0 Å². The van der Waals surface area contributed by atoms with Gasteiger partial charge < -0.3 is 0 Å². The van der Waals surface area contributed by atoms with Gasteiger partial charge in [-0.25, -0.2) is 4.74 Å². The molecule has 0 N–H and O–H groups in total. The van der Waals surface area contributed by atoms with Crippen molar-refractivity contribution < 1.29 is 40.9 Å². The number of halogens is 6. The summed E-state index contributed by atoms with van der Waals surface area (Å²) < 4.78 is 72.3. The van der Waals surface area contributed by atoms with Crippen LogP contribution in [-0.4, -0.2) is 18.5 Å². The summed E-state index contributed by atoms with van der Waals surface area (Å²) in [5, 5.41) is 0. The van der Waals surface area contributed by atoms with Crippen LogP contribution in [0.2, 0.25) is 0 Å². The maximum atomic E-state index is 12.1. The first-order valence-corrected chi connectivity index (χ1v) is 2.37. The highest BCUT2D eigenvalue weighted by Gasteiger charge is 2.71. The molecule has 1 atom stereocenters. The Morgan fingerprint density at radius 2 is 1.42 bits per heavy atom. The van der Waals surface area contributed by atoms with Gasteiger partial charge in [0.05, 0.1) is 0 Å². The molecule has 9 heteroatoms. The van der Waals surface area contributed by atoms with Crippen LogP contribution in [0.5, 0.6) is 0 Å². The molecule has 1 rings (SSSR count). The van der Waals surface area contributed by atoms with Gasteiger partial charge in [-0.1, -0.05) is 0 Å². The summed E-state index contributed by atoms with van der Waals surface area (Å²) in [6.45, 7) is 0. The molecule has 0 aromatic heterocycles. The fourth-order valence-corrected chi connectivity index (χ4v) is 0.394. The highest BCUT2D eigenvalue weighted by Crippen LogP contribution is 2.45. The van der Waals surface area contributed by atoms with Gasteiger partial charge in [0.1, 0.15) is 0 Å². The predicted molar refractivity (Wildman–Crippen MR) is 18.1 cm³/mol. The van der Waals surface area contributed by atoms with E-state index in [0.717, 1.165) is 0 Å². The molecule has 1 saturated heterocycles. The van der Waals surface area contributed by atoms with E-state index < -0.39 is 18.5 Å². The first-order chi connectivity index (χ1) is 5.16. The standard InChI is InChI=1S/C3F6O3/c4-1(5,6)2(7)10-3(8,9)12-11-2. The molecule has 1 fully saturated rings. The maximum Gasteiger partial charge on any atom is 0.517 e. The van der Waals surface area contributed by atoms with Crippen LogP contribution in [0.4, 0.5) is 26.3 Å². The van der Waals surface area contributed by atoms with Crippen LogP contribution < -0.4 is 0 Å². The Balaban J connectivity index is 2.78. The third kappa shape index (κ3) is 1.47. The molecule has 0 amide bonds. The van der Waals surface area contributed by atoms with E-state index in [-0.39, 0.29) is 0 Å². The smallest absolute Gasteiger partial charge is 0.222 e. The van der Waals surface area contributed by atoms with Gasteiger partial charge in [0.25, 0.3) is 0 Å². The number of hydrogen-bond acceptors (Lipinski definition) is 3. The lowest BCUT2D eigenvalue weighted by atomic mass is 10.6. The van der Waals surface area contributed by atoms with E-state index in [1.54, 1.807) is 0 Å². The van der Waals surface area contributed by atoms with E-state index in [2.05, 4.69) is 14.5 Å². The summed E-state index contributed by atoms with van der Waals surface area (Å²) in [5.74, 6) is 0. The van der Waals surface area contributed by atoms with E-state index in [0.29, 0.717) is 0 Å². The highest BCUT2D eigenvalue weighted by atomic mass is 19.4. The topological polar surface area (TPSA) is 27.7 Å². The molecule has 1 heterocycles. The Labute approximate surface area is 60.7 Å². The monoisotopic (exact) mass is 198 g/mol. The molecule has 12 heavy (non-hydrogen) atoms. The molecule has 0 aliphatic carbocycles. The molecule has 1 aliphatic heterocycles. The minimum Gasteiger partial charge on any atom is -0.222 e. The zero-order chi connectivity index (χ0) is 9.62. The average molecular weight is 198 g/mol. The van der Waals surface area contributed by atoms with Gasteiger partial charge in [-0.15, -0.1) is 18.6 Å². The second-order valence-corrected chi connectivity index (χ2v) is 1.77. The molecule has 0 bridgehead atoms. The van der Waals surface area contributed by atoms with Crippen molar-refractivity contribution >= 4 is 0 Å². The van der Waals surface area contributed by atoms with Gasteiger partial charge in [0.2, 0.25) is 0 Å². The van der Waals surface area contributed by atoms with Crippen LogP contribution >= 0.6 is 0 Å². The van der Waals surface area contributed by atoms with Crippen molar-refractivity contribution in [2.24, 2.45) is 0 Å². The second-order valence-electron chi connectivity index (χ2n) is 1.77. The molecule has 1 aliphatic rings. The largest absolute Gasteiger partial charge is 0.517 e. The van der Waals surface area contributed by atoms with Crippen LogP contribution in [0.3, 0.4) is 0 Å². The minimum absolute atomic E-state index is 2.53. The van der Waals surface area contributed by atoms with E-state index in [1.165, 1.54) is 0 Å². The number of ether oxygens (including phenoxy) is 1. The SMILES string of the molecule is FC1(F)OOC(F)(C(F)(F)F)O1. The second kappa shape index (κ2) is 2.24. The van der Waals surface area contributed by atoms with Crippen molar-refractivity contribution in [2.75, 3.05) is 0 Å². The molecule has 0 aromatic rings. The molecule has 1 unspecified atom stereocenters. The van der Waals surface area contributed by atoms with Crippen LogP contribution in [-0.2, 0) is 14.5 Å². The Morgan fingerprint density at radius 1 is 0.917 bits per heavy atom. The van der Waals surface area contributed by atoms with Crippen molar-refractivity contribution in [3.05, 3.63) is 0 Å². The maximum absolute atomic E-state index is 12.1. The van der Waals surface area contributed by atoms with Crippen molar-refractivity contribution in [3.8, 4) is 0 Å². The number of alkyl halides is 6. The van der Waals surface area contributed by atoms with Gasteiger partial charge in [0.15, 0.2) is 0 Å². The van der Waals surface area contributed by atoms with Gasteiger partial charge in [0, 0.05) is 0 Å². The molecular formula is C3F6O3. The molecule has 72 valence electrons. The third-order valence-corrected chi connectivity index (χ3v) is 0.835. The van der Waals surface area contributed by atoms with Crippen LogP contribution in [0, 0.1) is 0 Å². The Kier molecular flexibility index (Phi) is 1.78. The van der Waals surface area contributed by atoms with Crippen LogP contribution in [0.15, 0.2) is 0 Å². The number of hydrogen-bond donors (Lipinski definition) is 0. The lowest BCUT2D eigenvalue weighted by Crippen LogP contribution is -2.43. The van der Waals surface area contributed by atoms with Crippen molar-refractivity contribution in [1.29, 1.82) is 0 Å². The normalized spacial score (nSPS) is 35.5. The fraction of sp³-hybridized carbons (Fsp3) is 1.00. The molecule has 0 spiro atoms. The summed E-state index contributed by atoms with van der Waals surface area (Å²) in [7, 11) is 0. The van der Waals surface area contributed by atoms with E-state index >= 15 is 0 Å². The van der Waals surface area contributed by atoms with Gasteiger partial charge in [-0.2, -0.15) is 17.6 Å². The minimum atomic E-state index is -5.74. The highest BCUT2D eigenvalue weighted by molar-refractivity contribution is 4.68. The first kappa shape index (κ1) is 9.55. The van der Waals surface area contributed by atoms with Crippen molar-refractivity contribution in [2.45, 2.75) is 18.5 Å². The average Bonchev–Trinajstić information content (AvgIpc) is 2.05. The third-order valence-electron chi connectivity index (χ3n) is 0.835. The van der Waals surface area contributed by atoms with Gasteiger partial charge >= 0.3 is 18.5 Å². The Hall–Kier alpha value is -0.540. The van der Waals surface area contributed by atoms with Crippen molar-refractivity contribution in [3.63, 3.8) is 0 Å². The predicted octanol–water partition coefficient (Wildman–Crippen LogP) is 1.70. The van der Waals surface area contributed by atoms with Crippen LogP contribution in [0.1, 0.15) is 0 Å². The van der Waals surface area contributed by atoms with Crippen LogP contribution in [0.25, 0.3) is 0 Å². The summed E-state index contributed by atoms with van der Waals surface area (Å²) in [5.41, 5.74) is 0. The van der Waals surface area contributed by atoms with E-state index in [1.807, 2.05) is 0 Å². The van der Waals surface area contributed by atoms with Crippen molar-refractivity contribution in [1.82, 2.24) is 0 Å². The van der Waals surface area contributed by atoms with E-state index in [9.17, 15) is 26.3 Å². The molecule has 0 aromatic carbocycles. The zero-order valence-electron chi connectivity index (χ0n) is 4.99. The molecular weight excluding hydrogens is 198 g/mol. The summed E-state index contributed by atoms with van der Waals surface area (Å²) in [6, 6.07) is -4.91. The summed E-state index contributed by atoms with van der Waals surface area (Å²) in [6.07, 6.45) is -10.5. The quantitative estimate of drug-likeness (QED) is 0.438. The molecule has 0 radical (unpaired) electrons. The first-order valence-electron chi connectivity index (χ1n) is 2.37. The Morgan fingerprint density at radius 3 is 1.58 bits per heavy atom. The Bertz CT molecular complexity index is 189. The van der Waals surface area contributed by atoms with Gasteiger partial charge in [-0.05, 0) is 0 Å². The lowest BCUT2D eigenvalue weighted by Gasteiger charge is -2.16.